The summed E-state index contributed by atoms with van der Waals surface area (Å²) in [6.07, 6.45) is 7.94. The molecule has 3 unspecified atom stereocenters. The lowest BCUT2D eigenvalue weighted by Crippen LogP contribution is -2.48. The van der Waals surface area contributed by atoms with Gasteiger partial charge in [-0.2, -0.15) is 0 Å². The normalized spacial score (nSPS) is 39.6. The monoisotopic (exact) mass is 225 g/mol. The zero-order valence-corrected chi connectivity index (χ0v) is 11.1. The van der Waals surface area contributed by atoms with Crippen molar-refractivity contribution in [2.75, 3.05) is 6.61 Å². The lowest BCUT2D eigenvalue weighted by Gasteiger charge is -2.39. The Labute approximate surface area is 100 Å². The molecule has 1 saturated carbocycles. The van der Waals surface area contributed by atoms with Crippen LogP contribution < -0.4 is 5.32 Å². The van der Waals surface area contributed by atoms with E-state index in [1.54, 1.807) is 0 Å². The summed E-state index contributed by atoms with van der Waals surface area (Å²) in [6, 6.07) is 1.45. The highest BCUT2D eigenvalue weighted by molar-refractivity contribution is 4.86. The van der Waals surface area contributed by atoms with Crippen molar-refractivity contribution >= 4 is 0 Å². The van der Waals surface area contributed by atoms with Crippen molar-refractivity contribution in [3.05, 3.63) is 0 Å². The van der Waals surface area contributed by atoms with Gasteiger partial charge in [-0.15, -0.1) is 0 Å². The van der Waals surface area contributed by atoms with Gasteiger partial charge in [-0.25, -0.2) is 0 Å². The van der Waals surface area contributed by atoms with E-state index in [0.717, 1.165) is 25.0 Å². The predicted octanol–water partition coefficient (Wildman–Crippen LogP) is 3.11. The molecule has 94 valence electrons. The van der Waals surface area contributed by atoms with E-state index in [1.807, 2.05) is 0 Å². The minimum absolute atomic E-state index is 0.0796. The molecule has 2 fully saturated rings. The van der Waals surface area contributed by atoms with E-state index >= 15 is 0 Å². The van der Waals surface area contributed by atoms with Gasteiger partial charge in [0.25, 0.3) is 0 Å². The van der Waals surface area contributed by atoms with Crippen molar-refractivity contribution in [2.24, 2.45) is 5.92 Å². The smallest absolute Gasteiger partial charge is 0.0641 e. The highest BCUT2D eigenvalue weighted by Gasteiger charge is 2.30. The fraction of sp³-hybridized carbons (Fsp3) is 1.00. The zero-order valence-electron chi connectivity index (χ0n) is 11.1. The summed E-state index contributed by atoms with van der Waals surface area (Å²) in [7, 11) is 0. The van der Waals surface area contributed by atoms with Crippen molar-refractivity contribution in [1.29, 1.82) is 0 Å². The fourth-order valence-electron chi connectivity index (χ4n) is 3.29. The standard InChI is InChI=1S/C14H27NO/c1-11-5-4-6-12(9-11)15-13-7-8-16-14(2,3)10-13/h11-13,15H,4-10H2,1-3H3. The van der Waals surface area contributed by atoms with Gasteiger partial charge >= 0.3 is 0 Å². The quantitative estimate of drug-likeness (QED) is 0.779. The molecule has 1 saturated heterocycles. The van der Waals surface area contributed by atoms with E-state index in [2.05, 4.69) is 26.1 Å². The largest absolute Gasteiger partial charge is 0.375 e. The topological polar surface area (TPSA) is 21.3 Å². The van der Waals surface area contributed by atoms with Crippen LogP contribution in [0.15, 0.2) is 0 Å². The van der Waals surface area contributed by atoms with Crippen molar-refractivity contribution in [2.45, 2.75) is 77.0 Å². The van der Waals surface area contributed by atoms with Crippen LogP contribution in [-0.2, 0) is 4.74 Å². The molecule has 0 spiro atoms. The number of nitrogens with one attached hydrogen (secondary N) is 1. The summed E-state index contributed by atoms with van der Waals surface area (Å²) in [5, 5.41) is 3.86. The van der Waals surface area contributed by atoms with Gasteiger partial charge in [0, 0.05) is 18.7 Å². The van der Waals surface area contributed by atoms with Gasteiger partial charge in [0.15, 0.2) is 0 Å². The van der Waals surface area contributed by atoms with Crippen molar-refractivity contribution < 1.29 is 4.74 Å². The highest BCUT2D eigenvalue weighted by Crippen LogP contribution is 2.28. The Morgan fingerprint density at radius 1 is 1.12 bits per heavy atom. The van der Waals surface area contributed by atoms with E-state index in [0.29, 0.717) is 6.04 Å². The zero-order chi connectivity index (χ0) is 11.6. The molecule has 2 nitrogen and oxygen atoms in total. The molecule has 16 heavy (non-hydrogen) atoms. The van der Waals surface area contributed by atoms with Crippen LogP contribution in [0, 0.1) is 5.92 Å². The number of hydrogen-bond acceptors (Lipinski definition) is 2. The molecule has 3 atom stereocenters. The molecular formula is C14H27NO. The van der Waals surface area contributed by atoms with Crippen LogP contribution in [0.5, 0.6) is 0 Å². The maximum absolute atomic E-state index is 5.77. The first-order valence-electron chi connectivity index (χ1n) is 6.95. The molecule has 1 N–H and O–H groups in total. The van der Waals surface area contributed by atoms with E-state index in [9.17, 15) is 0 Å². The van der Waals surface area contributed by atoms with Crippen LogP contribution in [0.3, 0.4) is 0 Å². The summed E-state index contributed by atoms with van der Waals surface area (Å²) >= 11 is 0. The number of hydrogen-bond donors (Lipinski definition) is 1. The van der Waals surface area contributed by atoms with Crippen LogP contribution in [0.2, 0.25) is 0 Å². The summed E-state index contributed by atoms with van der Waals surface area (Å²) in [5.74, 6) is 0.916. The van der Waals surface area contributed by atoms with Crippen LogP contribution in [-0.4, -0.2) is 24.3 Å². The second-order valence-corrected chi connectivity index (χ2v) is 6.43. The fourth-order valence-corrected chi connectivity index (χ4v) is 3.29. The first-order chi connectivity index (χ1) is 7.55. The third-order valence-corrected chi connectivity index (χ3v) is 4.10. The maximum Gasteiger partial charge on any atom is 0.0641 e. The van der Waals surface area contributed by atoms with E-state index < -0.39 is 0 Å². The average Bonchev–Trinajstić information content (AvgIpc) is 2.15. The maximum atomic E-state index is 5.77. The summed E-state index contributed by atoms with van der Waals surface area (Å²) in [5.41, 5.74) is 0.0796. The van der Waals surface area contributed by atoms with Gasteiger partial charge in [0.2, 0.25) is 0 Å². The Morgan fingerprint density at radius 3 is 2.62 bits per heavy atom. The van der Waals surface area contributed by atoms with Crippen molar-refractivity contribution in [1.82, 2.24) is 5.32 Å². The molecule has 0 aromatic carbocycles. The lowest BCUT2D eigenvalue weighted by molar-refractivity contribution is -0.0648. The van der Waals surface area contributed by atoms with E-state index in [4.69, 9.17) is 4.74 Å². The minimum atomic E-state index is 0.0796. The Bertz CT molecular complexity index is 227. The number of rotatable bonds is 2. The lowest BCUT2D eigenvalue weighted by atomic mass is 9.85. The van der Waals surface area contributed by atoms with Gasteiger partial charge < -0.3 is 10.1 Å². The van der Waals surface area contributed by atoms with Crippen molar-refractivity contribution in [3.63, 3.8) is 0 Å². The molecule has 0 radical (unpaired) electrons. The third-order valence-electron chi connectivity index (χ3n) is 4.10. The van der Waals surface area contributed by atoms with Crippen LogP contribution in [0.4, 0.5) is 0 Å². The molecule has 1 aliphatic carbocycles. The predicted molar refractivity (Wildman–Crippen MR) is 67.6 cm³/mol. The molecule has 0 aromatic heterocycles. The Morgan fingerprint density at radius 2 is 1.94 bits per heavy atom. The molecule has 1 aliphatic heterocycles. The summed E-state index contributed by atoms with van der Waals surface area (Å²) in [6.45, 7) is 7.74. The Kier molecular flexibility index (Phi) is 3.91. The van der Waals surface area contributed by atoms with Crippen LogP contribution >= 0.6 is 0 Å². The highest BCUT2D eigenvalue weighted by atomic mass is 16.5. The first kappa shape index (κ1) is 12.4. The average molecular weight is 225 g/mol. The number of ether oxygens (including phenoxy) is 1. The van der Waals surface area contributed by atoms with E-state index in [1.165, 1.54) is 32.1 Å². The first-order valence-corrected chi connectivity index (χ1v) is 6.95. The van der Waals surface area contributed by atoms with E-state index in [-0.39, 0.29) is 5.60 Å². The third kappa shape index (κ3) is 3.46. The van der Waals surface area contributed by atoms with Gasteiger partial charge in [-0.3, -0.25) is 0 Å². The van der Waals surface area contributed by atoms with Gasteiger partial charge in [-0.05, 0) is 45.4 Å². The molecule has 0 aromatic rings. The molecule has 2 aliphatic rings. The molecule has 1 heterocycles. The summed E-state index contributed by atoms with van der Waals surface area (Å²) in [4.78, 5) is 0. The van der Waals surface area contributed by atoms with Crippen LogP contribution in [0.1, 0.15) is 59.3 Å². The van der Waals surface area contributed by atoms with Gasteiger partial charge in [0.1, 0.15) is 0 Å². The molecular weight excluding hydrogens is 198 g/mol. The summed E-state index contributed by atoms with van der Waals surface area (Å²) < 4.78 is 5.77. The Hall–Kier alpha value is -0.0800. The minimum Gasteiger partial charge on any atom is -0.375 e. The van der Waals surface area contributed by atoms with Crippen LogP contribution in [0.25, 0.3) is 0 Å². The van der Waals surface area contributed by atoms with Gasteiger partial charge in [0.05, 0.1) is 5.60 Å². The molecule has 0 bridgehead atoms. The molecule has 2 heteroatoms. The SMILES string of the molecule is CC1CCCC(NC2CCOC(C)(C)C2)C1. The second-order valence-electron chi connectivity index (χ2n) is 6.43. The van der Waals surface area contributed by atoms with Gasteiger partial charge in [-0.1, -0.05) is 19.8 Å². The molecule has 0 amide bonds. The van der Waals surface area contributed by atoms with Crippen molar-refractivity contribution in [3.8, 4) is 0 Å². The second kappa shape index (κ2) is 5.05. The Balaban J connectivity index is 1.80. The molecule has 2 rings (SSSR count).